The van der Waals surface area contributed by atoms with E-state index in [9.17, 15) is 4.79 Å². The number of pyridine rings is 1. The van der Waals surface area contributed by atoms with Crippen molar-refractivity contribution in [1.82, 2.24) is 25.2 Å². The van der Waals surface area contributed by atoms with E-state index in [1.54, 1.807) is 6.20 Å². The number of fused-ring (bicyclic) bond motifs is 1. The summed E-state index contributed by atoms with van der Waals surface area (Å²) in [6, 6.07) is 15.4. The second-order valence-electron chi connectivity index (χ2n) is 8.09. The van der Waals surface area contributed by atoms with Crippen LogP contribution in [0.2, 0.25) is 0 Å². The van der Waals surface area contributed by atoms with Crippen LogP contribution >= 0.6 is 0 Å². The van der Waals surface area contributed by atoms with E-state index in [2.05, 4.69) is 36.8 Å². The molecule has 1 amide bonds. The molecule has 2 aromatic heterocycles. The molecule has 162 valence electrons. The number of anilines is 2. The average Bonchev–Trinajstić information content (AvgIpc) is 3.38. The van der Waals surface area contributed by atoms with E-state index >= 15 is 0 Å². The van der Waals surface area contributed by atoms with Gasteiger partial charge in [-0.2, -0.15) is 0 Å². The first kappa shape index (κ1) is 20.1. The van der Waals surface area contributed by atoms with Crippen LogP contribution in [0.4, 0.5) is 11.4 Å². The van der Waals surface area contributed by atoms with Gasteiger partial charge in [0, 0.05) is 48.4 Å². The summed E-state index contributed by atoms with van der Waals surface area (Å²) >= 11 is 0. The summed E-state index contributed by atoms with van der Waals surface area (Å²) in [5.74, 6) is -0.169. The highest BCUT2D eigenvalue weighted by Gasteiger charge is 2.24. The van der Waals surface area contributed by atoms with Gasteiger partial charge in [-0.05, 0) is 53.5 Å². The van der Waals surface area contributed by atoms with Gasteiger partial charge >= 0.3 is 0 Å². The van der Waals surface area contributed by atoms with Crippen molar-refractivity contribution in [3.63, 3.8) is 0 Å². The van der Waals surface area contributed by atoms with Gasteiger partial charge in [-0.1, -0.05) is 30.3 Å². The third kappa shape index (κ3) is 4.16. The number of hydrogen-bond acceptors (Lipinski definition) is 6. The van der Waals surface area contributed by atoms with Crippen molar-refractivity contribution in [3.8, 4) is 0 Å². The van der Waals surface area contributed by atoms with Gasteiger partial charge < -0.3 is 10.2 Å². The molecule has 8 heteroatoms. The van der Waals surface area contributed by atoms with Crippen LogP contribution in [0.1, 0.15) is 30.9 Å². The normalized spacial score (nSPS) is 14.9. The van der Waals surface area contributed by atoms with Crippen LogP contribution in [-0.2, 0) is 11.2 Å². The SMILES string of the molecule is O=C(Nc1ccc(N2CCCCC2)c2ccncc12)[C@@H](Cc1ccccc1)n1cnnn1. The van der Waals surface area contributed by atoms with Crippen LogP contribution in [0, 0.1) is 0 Å². The molecule has 0 radical (unpaired) electrons. The van der Waals surface area contributed by atoms with Crippen molar-refractivity contribution in [2.75, 3.05) is 23.3 Å². The van der Waals surface area contributed by atoms with Crippen molar-refractivity contribution in [2.45, 2.75) is 31.7 Å². The fraction of sp³-hybridized carbons (Fsp3) is 0.292. The average molecular weight is 428 g/mol. The molecule has 4 aromatic rings. The number of nitrogens with one attached hydrogen (secondary N) is 1. The number of rotatable bonds is 6. The number of piperidine rings is 1. The Bertz CT molecular complexity index is 1190. The highest BCUT2D eigenvalue weighted by Crippen LogP contribution is 2.33. The van der Waals surface area contributed by atoms with Gasteiger partial charge in [0.2, 0.25) is 5.91 Å². The molecule has 5 rings (SSSR count). The van der Waals surface area contributed by atoms with Crippen LogP contribution in [0.25, 0.3) is 10.8 Å². The van der Waals surface area contributed by atoms with E-state index < -0.39 is 6.04 Å². The number of amides is 1. The van der Waals surface area contributed by atoms with Crippen molar-refractivity contribution in [3.05, 3.63) is 72.8 Å². The monoisotopic (exact) mass is 427 g/mol. The molecule has 1 saturated heterocycles. The van der Waals surface area contributed by atoms with Gasteiger partial charge in [0.05, 0.1) is 5.69 Å². The van der Waals surface area contributed by atoms with Gasteiger partial charge in [0.15, 0.2) is 0 Å². The summed E-state index contributed by atoms with van der Waals surface area (Å²) < 4.78 is 1.50. The Morgan fingerprint density at radius 2 is 1.84 bits per heavy atom. The summed E-state index contributed by atoms with van der Waals surface area (Å²) in [6.45, 7) is 2.11. The molecule has 1 N–H and O–H groups in total. The Morgan fingerprint density at radius 1 is 1.00 bits per heavy atom. The number of nitrogens with zero attached hydrogens (tertiary/aromatic N) is 6. The quantitative estimate of drug-likeness (QED) is 0.505. The number of carbonyl (C=O) groups is 1. The molecule has 1 atom stereocenters. The number of tetrazole rings is 1. The van der Waals surface area contributed by atoms with Crippen molar-refractivity contribution >= 4 is 28.1 Å². The maximum Gasteiger partial charge on any atom is 0.249 e. The molecule has 0 bridgehead atoms. The standard InChI is InChI=1S/C24H25N7O/c32-24(23(31-17-26-28-29-31)15-18-7-3-1-4-8-18)27-21-9-10-22(30-13-5-2-6-14-30)19-11-12-25-16-20(19)21/h1,3-4,7-12,16-17,23H,2,5-6,13-15H2,(H,27,32)/t23-/m1/s1. The minimum Gasteiger partial charge on any atom is -0.371 e. The first-order chi connectivity index (χ1) is 15.8. The Kier molecular flexibility index (Phi) is 5.74. The van der Waals surface area contributed by atoms with E-state index in [0.717, 1.165) is 35.1 Å². The molecule has 3 heterocycles. The minimum atomic E-state index is -0.569. The van der Waals surface area contributed by atoms with E-state index in [4.69, 9.17) is 0 Å². The maximum atomic E-state index is 13.4. The lowest BCUT2D eigenvalue weighted by molar-refractivity contribution is -0.119. The van der Waals surface area contributed by atoms with Gasteiger partial charge in [0.25, 0.3) is 0 Å². The molecule has 0 aliphatic carbocycles. The maximum absolute atomic E-state index is 13.4. The molecular formula is C24H25N7O. The largest absolute Gasteiger partial charge is 0.371 e. The number of aromatic nitrogens is 5. The minimum absolute atomic E-state index is 0.169. The third-order valence-electron chi connectivity index (χ3n) is 6.01. The predicted molar refractivity (Wildman–Crippen MR) is 123 cm³/mol. The molecule has 1 fully saturated rings. The van der Waals surface area contributed by atoms with E-state index in [1.165, 1.54) is 36.0 Å². The highest BCUT2D eigenvalue weighted by atomic mass is 16.2. The van der Waals surface area contributed by atoms with Crippen LogP contribution in [0.5, 0.6) is 0 Å². The van der Waals surface area contributed by atoms with Gasteiger partial charge in [-0.3, -0.25) is 9.78 Å². The zero-order valence-corrected chi connectivity index (χ0v) is 17.8. The summed E-state index contributed by atoms with van der Waals surface area (Å²) in [4.78, 5) is 20.1. The summed E-state index contributed by atoms with van der Waals surface area (Å²) in [5, 5.41) is 16.6. The molecule has 1 aliphatic rings. The van der Waals surface area contributed by atoms with E-state index in [0.29, 0.717) is 6.42 Å². The second-order valence-corrected chi connectivity index (χ2v) is 8.09. The fourth-order valence-corrected chi connectivity index (χ4v) is 4.36. The molecule has 32 heavy (non-hydrogen) atoms. The second kappa shape index (κ2) is 9.13. The lowest BCUT2D eigenvalue weighted by Gasteiger charge is -2.30. The predicted octanol–water partition coefficient (Wildman–Crippen LogP) is 3.63. The molecular weight excluding hydrogens is 402 g/mol. The van der Waals surface area contributed by atoms with Crippen LogP contribution < -0.4 is 10.2 Å². The Labute approximate surface area is 186 Å². The Morgan fingerprint density at radius 3 is 2.62 bits per heavy atom. The van der Waals surface area contributed by atoms with Crippen molar-refractivity contribution in [1.29, 1.82) is 0 Å². The first-order valence-electron chi connectivity index (χ1n) is 11.0. The molecule has 8 nitrogen and oxygen atoms in total. The lowest BCUT2D eigenvalue weighted by atomic mass is 10.0. The third-order valence-corrected chi connectivity index (χ3v) is 6.01. The summed E-state index contributed by atoms with van der Waals surface area (Å²) in [5.41, 5.74) is 2.97. The molecule has 0 spiro atoms. The van der Waals surface area contributed by atoms with Crippen molar-refractivity contribution in [2.24, 2.45) is 0 Å². The Hall–Kier alpha value is -3.81. The highest BCUT2D eigenvalue weighted by molar-refractivity contribution is 6.07. The Balaban J connectivity index is 1.45. The molecule has 0 unspecified atom stereocenters. The van der Waals surface area contributed by atoms with Gasteiger partial charge in [-0.25, -0.2) is 4.68 Å². The molecule has 0 saturated carbocycles. The number of benzene rings is 2. The topological polar surface area (TPSA) is 88.8 Å². The first-order valence-corrected chi connectivity index (χ1v) is 11.0. The number of carbonyl (C=O) groups excluding carboxylic acids is 1. The van der Waals surface area contributed by atoms with Gasteiger partial charge in [-0.15, -0.1) is 5.10 Å². The zero-order chi connectivity index (χ0) is 21.8. The molecule has 2 aromatic carbocycles. The molecule has 1 aliphatic heterocycles. The van der Waals surface area contributed by atoms with Crippen LogP contribution in [0.3, 0.4) is 0 Å². The summed E-state index contributed by atoms with van der Waals surface area (Å²) in [7, 11) is 0. The smallest absolute Gasteiger partial charge is 0.249 e. The van der Waals surface area contributed by atoms with Crippen LogP contribution in [-0.4, -0.2) is 44.2 Å². The van der Waals surface area contributed by atoms with Crippen LogP contribution in [0.15, 0.2) is 67.3 Å². The lowest BCUT2D eigenvalue weighted by Crippen LogP contribution is -2.30. The van der Waals surface area contributed by atoms with E-state index in [1.807, 2.05) is 48.7 Å². The number of hydrogen-bond donors (Lipinski definition) is 1. The van der Waals surface area contributed by atoms with Gasteiger partial charge in [0.1, 0.15) is 12.4 Å². The fourth-order valence-electron chi connectivity index (χ4n) is 4.36. The van der Waals surface area contributed by atoms with Crippen molar-refractivity contribution < 1.29 is 4.79 Å². The zero-order valence-electron chi connectivity index (χ0n) is 17.8. The summed E-state index contributed by atoms with van der Waals surface area (Å²) in [6.07, 6.45) is 9.29. The van der Waals surface area contributed by atoms with E-state index in [-0.39, 0.29) is 5.91 Å².